The minimum absolute atomic E-state index is 0.306. The number of hydrogen-bond acceptors (Lipinski definition) is 2. The molecule has 0 aliphatic heterocycles. The number of anilines is 1. The molecule has 0 amide bonds. The van der Waals surface area contributed by atoms with Gasteiger partial charge in [0, 0.05) is 5.69 Å². The van der Waals surface area contributed by atoms with Gasteiger partial charge in [-0.3, -0.25) is 0 Å². The van der Waals surface area contributed by atoms with Gasteiger partial charge in [-0.25, -0.2) is 4.79 Å². The van der Waals surface area contributed by atoms with Crippen LogP contribution in [0.15, 0.2) is 18.7 Å². The van der Waals surface area contributed by atoms with Crippen molar-refractivity contribution in [2.45, 2.75) is 6.18 Å². The maximum atomic E-state index is 12.5. The van der Waals surface area contributed by atoms with Gasteiger partial charge >= 0.3 is 12.1 Å². The smallest absolute Gasteiger partial charge is 0.417 e. The van der Waals surface area contributed by atoms with Crippen LogP contribution in [0, 0.1) is 0 Å². The molecular weight excluding hydrogens is 223 g/mol. The van der Waals surface area contributed by atoms with Crippen molar-refractivity contribution in [2.24, 2.45) is 0 Å². The van der Waals surface area contributed by atoms with Crippen LogP contribution in [0.4, 0.5) is 18.9 Å². The van der Waals surface area contributed by atoms with Crippen molar-refractivity contribution in [1.82, 2.24) is 0 Å². The third-order valence-electron chi connectivity index (χ3n) is 1.98. The number of carbonyl (C=O) groups is 1. The van der Waals surface area contributed by atoms with E-state index in [1.807, 2.05) is 0 Å². The largest absolute Gasteiger partial charge is 0.478 e. The first-order chi connectivity index (χ1) is 7.27. The van der Waals surface area contributed by atoms with Gasteiger partial charge < -0.3 is 10.8 Å². The Hall–Kier alpha value is -1.98. The number of carboxylic acids is 1. The molecule has 0 aliphatic rings. The summed E-state index contributed by atoms with van der Waals surface area (Å²) < 4.78 is 37.5. The molecule has 0 radical (unpaired) electrons. The van der Waals surface area contributed by atoms with E-state index in [0.717, 1.165) is 12.1 Å². The topological polar surface area (TPSA) is 63.3 Å². The molecule has 86 valence electrons. The molecule has 0 saturated heterocycles. The number of benzene rings is 1. The summed E-state index contributed by atoms with van der Waals surface area (Å²) in [6.07, 6.45) is -3.65. The number of aromatic carboxylic acids is 1. The van der Waals surface area contributed by atoms with Gasteiger partial charge in [0.1, 0.15) is 0 Å². The van der Waals surface area contributed by atoms with Crippen LogP contribution in [-0.2, 0) is 6.18 Å². The molecule has 3 N–H and O–H groups in total. The van der Waals surface area contributed by atoms with E-state index in [4.69, 9.17) is 10.8 Å². The first kappa shape index (κ1) is 12.1. The summed E-state index contributed by atoms with van der Waals surface area (Å²) in [5.74, 6) is -1.38. The summed E-state index contributed by atoms with van der Waals surface area (Å²) in [4.78, 5) is 10.7. The fourth-order valence-electron chi connectivity index (χ4n) is 1.23. The van der Waals surface area contributed by atoms with Crippen molar-refractivity contribution in [1.29, 1.82) is 0 Å². The molecule has 0 heterocycles. The zero-order valence-electron chi connectivity index (χ0n) is 8.01. The number of nitrogen functional groups attached to an aromatic ring is 1. The summed E-state index contributed by atoms with van der Waals surface area (Å²) in [5, 5.41) is 8.68. The van der Waals surface area contributed by atoms with E-state index in [1.54, 1.807) is 0 Å². The Kier molecular flexibility index (Phi) is 2.93. The van der Waals surface area contributed by atoms with E-state index < -0.39 is 23.4 Å². The average Bonchev–Trinajstić information content (AvgIpc) is 2.15. The first-order valence-corrected chi connectivity index (χ1v) is 4.13. The Balaban J connectivity index is 3.50. The second-order valence-electron chi connectivity index (χ2n) is 3.03. The fraction of sp³-hybridized carbons (Fsp3) is 0.100. The minimum Gasteiger partial charge on any atom is -0.478 e. The highest BCUT2D eigenvalue weighted by atomic mass is 19.4. The Morgan fingerprint density at radius 3 is 2.38 bits per heavy atom. The van der Waals surface area contributed by atoms with Crippen LogP contribution < -0.4 is 5.73 Å². The molecule has 0 aliphatic carbocycles. The molecule has 0 aromatic heterocycles. The van der Waals surface area contributed by atoms with Gasteiger partial charge in [0.25, 0.3) is 0 Å². The number of alkyl halides is 3. The molecule has 0 spiro atoms. The van der Waals surface area contributed by atoms with Gasteiger partial charge in [-0.1, -0.05) is 12.7 Å². The van der Waals surface area contributed by atoms with Gasteiger partial charge in [0.05, 0.1) is 11.1 Å². The minimum atomic E-state index is -4.59. The Labute approximate surface area is 89.0 Å². The molecule has 0 bridgehead atoms. The van der Waals surface area contributed by atoms with Gasteiger partial charge in [-0.2, -0.15) is 13.2 Å². The summed E-state index contributed by atoms with van der Waals surface area (Å²) in [6.45, 7) is 3.20. The third-order valence-corrected chi connectivity index (χ3v) is 1.98. The molecule has 3 nitrogen and oxygen atoms in total. The Bertz CT molecular complexity index is 452. The monoisotopic (exact) mass is 231 g/mol. The van der Waals surface area contributed by atoms with E-state index >= 15 is 0 Å². The zero-order chi connectivity index (χ0) is 12.5. The number of hydrogen-bond donors (Lipinski definition) is 2. The van der Waals surface area contributed by atoms with Gasteiger partial charge in [-0.15, -0.1) is 0 Å². The maximum Gasteiger partial charge on any atom is 0.417 e. The second-order valence-corrected chi connectivity index (χ2v) is 3.03. The van der Waals surface area contributed by atoms with Gasteiger partial charge in [0.2, 0.25) is 0 Å². The summed E-state index contributed by atoms with van der Waals surface area (Å²) in [5.41, 5.74) is 3.13. The Morgan fingerprint density at radius 1 is 1.44 bits per heavy atom. The molecule has 6 heteroatoms. The molecule has 1 aromatic carbocycles. The second kappa shape index (κ2) is 3.88. The molecule has 1 rings (SSSR count). The van der Waals surface area contributed by atoms with E-state index in [0.29, 0.717) is 6.07 Å². The van der Waals surface area contributed by atoms with Crippen LogP contribution in [-0.4, -0.2) is 11.1 Å². The van der Waals surface area contributed by atoms with Crippen molar-refractivity contribution >= 4 is 17.7 Å². The quantitative estimate of drug-likeness (QED) is 0.769. The lowest BCUT2D eigenvalue weighted by Gasteiger charge is -2.12. The van der Waals surface area contributed by atoms with Crippen LogP contribution in [0.3, 0.4) is 0 Å². The van der Waals surface area contributed by atoms with Gasteiger partial charge in [0.15, 0.2) is 0 Å². The lowest BCUT2D eigenvalue weighted by molar-refractivity contribution is -0.137. The molecule has 0 unspecified atom stereocenters. The summed E-state index contributed by atoms with van der Waals surface area (Å²) in [6, 6.07) is 1.45. The molecule has 0 atom stereocenters. The van der Waals surface area contributed by atoms with E-state index in [9.17, 15) is 18.0 Å². The van der Waals surface area contributed by atoms with Crippen LogP contribution in [0.5, 0.6) is 0 Å². The summed E-state index contributed by atoms with van der Waals surface area (Å²) in [7, 11) is 0. The lowest BCUT2D eigenvalue weighted by Crippen LogP contribution is -2.11. The van der Waals surface area contributed by atoms with Crippen molar-refractivity contribution in [3.63, 3.8) is 0 Å². The number of halogens is 3. The Morgan fingerprint density at radius 2 is 2.00 bits per heavy atom. The SMILES string of the molecule is C=Cc1cc(C(=O)O)c(N)cc1C(F)(F)F. The van der Waals surface area contributed by atoms with Crippen molar-refractivity contribution in [2.75, 3.05) is 5.73 Å². The zero-order valence-corrected chi connectivity index (χ0v) is 8.01. The summed E-state index contributed by atoms with van der Waals surface area (Å²) >= 11 is 0. The fourth-order valence-corrected chi connectivity index (χ4v) is 1.23. The third kappa shape index (κ3) is 2.16. The van der Waals surface area contributed by atoms with Gasteiger partial charge in [-0.05, 0) is 17.7 Å². The van der Waals surface area contributed by atoms with E-state index in [1.165, 1.54) is 0 Å². The van der Waals surface area contributed by atoms with Crippen LogP contribution >= 0.6 is 0 Å². The normalized spacial score (nSPS) is 11.2. The number of carboxylic acid groups (broad SMARTS) is 1. The standard InChI is InChI=1S/C10H8F3NO2/c1-2-5-3-6(9(15)16)8(14)4-7(5)10(11,12)13/h2-4H,1,14H2,(H,15,16). The van der Waals surface area contributed by atoms with Crippen molar-refractivity contribution in [3.8, 4) is 0 Å². The molecule has 0 saturated carbocycles. The predicted octanol–water partition coefficient (Wildman–Crippen LogP) is 2.63. The van der Waals surface area contributed by atoms with E-state index in [2.05, 4.69) is 6.58 Å². The average molecular weight is 231 g/mol. The van der Waals surface area contributed by atoms with Crippen LogP contribution in [0.2, 0.25) is 0 Å². The predicted molar refractivity (Wildman–Crippen MR) is 52.9 cm³/mol. The van der Waals surface area contributed by atoms with Crippen molar-refractivity contribution < 1.29 is 23.1 Å². The maximum absolute atomic E-state index is 12.5. The van der Waals surface area contributed by atoms with E-state index in [-0.39, 0.29) is 11.1 Å². The first-order valence-electron chi connectivity index (χ1n) is 4.13. The van der Waals surface area contributed by atoms with Crippen LogP contribution in [0.1, 0.15) is 21.5 Å². The number of nitrogens with two attached hydrogens (primary N) is 1. The van der Waals surface area contributed by atoms with Crippen molar-refractivity contribution in [3.05, 3.63) is 35.4 Å². The highest BCUT2D eigenvalue weighted by Crippen LogP contribution is 2.35. The molecule has 0 fully saturated rings. The van der Waals surface area contributed by atoms with Crippen LogP contribution in [0.25, 0.3) is 6.08 Å². The molecule has 16 heavy (non-hydrogen) atoms. The molecule has 1 aromatic rings. The highest BCUT2D eigenvalue weighted by Gasteiger charge is 2.33. The highest BCUT2D eigenvalue weighted by molar-refractivity contribution is 5.94. The molecular formula is C10H8F3NO2. The number of rotatable bonds is 2. The lowest BCUT2D eigenvalue weighted by atomic mass is 10.0.